The van der Waals surface area contributed by atoms with Gasteiger partial charge in [0.1, 0.15) is 24.2 Å². The predicted molar refractivity (Wildman–Crippen MR) is 102 cm³/mol. The van der Waals surface area contributed by atoms with Crippen molar-refractivity contribution < 1.29 is 14.2 Å². The number of rotatable bonds is 4. The first kappa shape index (κ1) is 18.8. The number of nitrogens with zero attached hydrogens (tertiary/aromatic N) is 1. The quantitative estimate of drug-likeness (QED) is 0.810. The zero-order chi connectivity index (χ0) is 16.7. The van der Waals surface area contributed by atoms with Gasteiger partial charge in [-0.3, -0.25) is 4.90 Å². The Morgan fingerprint density at radius 1 is 1.04 bits per heavy atom. The molecule has 4 nitrogen and oxygen atoms in total. The van der Waals surface area contributed by atoms with Crippen LogP contribution >= 0.6 is 12.4 Å². The van der Waals surface area contributed by atoms with Crippen LogP contribution in [0.2, 0.25) is 0 Å². The Hall–Kier alpha value is -0.970. The molecule has 0 bridgehead atoms. The zero-order valence-corrected chi connectivity index (χ0v) is 16.4. The van der Waals surface area contributed by atoms with Crippen LogP contribution in [0.15, 0.2) is 0 Å². The highest BCUT2D eigenvalue weighted by Crippen LogP contribution is 2.52. The normalized spacial score (nSPS) is 25.1. The van der Waals surface area contributed by atoms with E-state index in [2.05, 4.69) is 25.7 Å². The van der Waals surface area contributed by atoms with Gasteiger partial charge < -0.3 is 14.2 Å². The van der Waals surface area contributed by atoms with Crippen molar-refractivity contribution in [3.63, 3.8) is 0 Å². The van der Waals surface area contributed by atoms with Crippen LogP contribution in [-0.4, -0.2) is 50.5 Å². The van der Waals surface area contributed by atoms with Crippen molar-refractivity contribution in [3.8, 4) is 11.5 Å². The summed E-state index contributed by atoms with van der Waals surface area (Å²) in [6.45, 7) is 12.0. The molecule has 5 heteroatoms. The lowest BCUT2D eigenvalue weighted by Gasteiger charge is -2.27. The van der Waals surface area contributed by atoms with E-state index >= 15 is 0 Å². The molecule has 1 saturated carbocycles. The molecule has 2 heterocycles. The molecule has 3 aliphatic rings. The van der Waals surface area contributed by atoms with Crippen molar-refractivity contribution in [1.29, 1.82) is 0 Å². The smallest absolute Gasteiger partial charge is 0.127 e. The summed E-state index contributed by atoms with van der Waals surface area (Å²) in [5, 5.41) is 0. The molecule has 1 aromatic carbocycles. The third kappa shape index (κ3) is 3.36. The summed E-state index contributed by atoms with van der Waals surface area (Å²) in [4.78, 5) is 2.42. The van der Waals surface area contributed by atoms with E-state index in [0.717, 1.165) is 51.0 Å². The number of fused-ring (bicyclic) bond motifs is 3. The molecule has 2 aliphatic heterocycles. The maximum Gasteiger partial charge on any atom is 0.127 e. The first-order valence-electron chi connectivity index (χ1n) is 9.40. The summed E-state index contributed by atoms with van der Waals surface area (Å²) in [6, 6.07) is 0. The van der Waals surface area contributed by atoms with Gasteiger partial charge in [0.25, 0.3) is 0 Å². The van der Waals surface area contributed by atoms with Crippen molar-refractivity contribution in [2.24, 2.45) is 0 Å². The van der Waals surface area contributed by atoms with Crippen molar-refractivity contribution in [3.05, 3.63) is 22.3 Å². The van der Waals surface area contributed by atoms with Gasteiger partial charge in [-0.2, -0.15) is 0 Å². The van der Waals surface area contributed by atoms with Crippen molar-refractivity contribution in [2.45, 2.75) is 52.1 Å². The predicted octanol–water partition coefficient (Wildman–Crippen LogP) is 3.77. The number of hydrogen-bond donors (Lipinski definition) is 0. The molecule has 0 unspecified atom stereocenters. The summed E-state index contributed by atoms with van der Waals surface area (Å²) in [7, 11) is 0. The van der Waals surface area contributed by atoms with E-state index in [0.29, 0.717) is 12.0 Å². The number of benzene rings is 1. The second-order valence-corrected chi connectivity index (χ2v) is 7.44. The van der Waals surface area contributed by atoms with Crippen LogP contribution in [0.25, 0.3) is 0 Å². The average molecular weight is 368 g/mol. The molecule has 0 N–H and O–H groups in total. The Kier molecular flexibility index (Phi) is 5.81. The molecular formula is C20H30ClNO3. The maximum absolute atomic E-state index is 6.30. The van der Waals surface area contributed by atoms with E-state index in [-0.39, 0.29) is 12.4 Å². The summed E-state index contributed by atoms with van der Waals surface area (Å²) in [6.07, 6.45) is 4.15. The molecule has 0 spiro atoms. The van der Waals surface area contributed by atoms with Gasteiger partial charge in [-0.1, -0.05) is 0 Å². The Morgan fingerprint density at radius 3 is 2.56 bits per heavy atom. The second-order valence-electron chi connectivity index (χ2n) is 7.44. The maximum atomic E-state index is 6.30. The SMILES string of the molecule is Cc1c(C)c2c(c(C)c1OCCN1CCOCC1)[C@@H]1CCC[C@@H]1O2.Cl. The van der Waals surface area contributed by atoms with Crippen LogP contribution < -0.4 is 9.47 Å². The van der Waals surface area contributed by atoms with Crippen LogP contribution in [0.4, 0.5) is 0 Å². The molecular weight excluding hydrogens is 338 g/mol. The third-order valence-corrected chi connectivity index (χ3v) is 6.08. The van der Waals surface area contributed by atoms with Crippen LogP contribution in [-0.2, 0) is 4.74 Å². The van der Waals surface area contributed by atoms with E-state index in [9.17, 15) is 0 Å². The van der Waals surface area contributed by atoms with Crippen LogP contribution in [0.1, 0.15) is 47.4 Å². The minimum absolute atomic E-state index is 0. The molecule has 0 radical (unpaired) electrons. The standard InChI is InChI=1S/C20H29NO3.ClH/c1-13-14(2)20-18(16-5-4-6-17(16)24-20)15(3)19(13)23-12-9-21-7-10-22-11-8-21;/h16-17H,4-12H2,1-3H3;1H/t16-,17+;/m1./s1. The molecule has 2 atom stereocenters. The van der Waals surface area contributed by atoms with E-state index < -0.39 is 0 Å². The molecule has 140 valence electrons. The molecule has 1 aliphatic carbocycles. The number of ether oxygens (including phenoxy) is 3. The Morgan fingerprint density at radius 2 is 1.80 bits per heavy atom. The second kappa shape index (κ2) is 7.73. The van der Waals surface area contributed by atoms with E-state index in [1.165, 1.54) is 41.5 Å². The van der Waals surface area contributed by atoms with E-state index in [4.69, 9.17) is 14.2 Å². The summed E-state index contributed by atoms with van der Waals surface area (Å²) >= 11 is 0. The molecule has 1 saturated heterocycles. The largest absolute Gasteiger partial charge is 0.492 e. The lowest BCUT2D eigenvalue weighted by atomic mass is 9.89. The highest BCUT2D eigenvalue weighted by molar-refractivity contribution is 5.85. The van der Waals surface area contributed by atoms with Gasteiger partial charge in [-0.25, -0.2) is 0 Å². The van der Waals surface area contributed by atoms with Gasteiger partial charge in [-0.05, 0) is 56.7 Å². The van der Waals surface area contributed by atoms with Gasteiger partial charge in [0, 0.05) is 31.1 Å². The van der Waals surface area contributed by atoms with Crippen LogP contribution in [0.3, 0.4) is 0 Å². The fourth-order valence-electron chi connectivity index (χ4n) is 4.58. The number of hydrogen-bond acceptors (Lipinski definition) is 4. The van der Waals surface area contributed by atoms with Crippen molar-refractivity contribution in [2.75, 3.05) is 39.5 Å². The summed E-state index contributed by atoms with van der Waals surface area (Å²) in [5.41, 5.74) is 5.26. The Labute approximate surface area is 157 Å². The fourth-order valence-corrected chi connectivity index (χ4v) is 4.58. The Balaban J connectivity index is 0.00000182. The minimum Gasteiger partial charge on any atom is -0.492 e. The zero-order valence-electron chi connectivity index (χ0n) is 15.6. The highest BCUT2D eigenvalue weighted by Gasteiger charge is 2.41. The van der Waals surface area contributed by atoms with E-state index in [1.807, 2.05) is 0 Å². The van der Waals surface area contributed by atoms with Crippen molar-refractivity contribution in [1.82, 2.24) is 4.90 Å². The fraction of sp³-hybridized carbons (Fsp3) is 0.700. The molecule has 2 fully saturated rings. The molecule has 4 rings (SSSR count). The van der Waals surface area contributed by atoms with Gasteiger partial charge >= 0.3 is 0 Å². The lowest BCUT2D eigenvalue weighted by molar-refractivity contribution is 0.0321. The van der Waals surface area contributed by atoms with Crippen LogP contribution in [0.5, 0.6) is 11.5 Å². The summed E-state index contributed by atoms with van der Waals surface area (Å²) in [5.74, 6) is 2.83. The minimum atomic E-state index is 0. The van der Waals surface area contributed by atoms with E-state index in [1.54, 1.807) is 0 Å². The number of morpholine rings is 1. The molecule has 25 heavy (non-hydrogen) atoms. The number of halogens is 1. The van der Waals surface area contributed by atoms with Gasteiger partial charge in [-0.15, -0.1) is 12.4 Å². The van der Waals surface area contributed by atoms with Gasteiger partial charge in [0.15, 0.2) is 0 Å². The Bertz CT molecular complexity index is 628. The first-order chi connectivity index (χ1) is 11.7. The van der Waals surface area contributed by atoms with Gasteiger partial charge in [0.2, 0.25) is 0 Å². The molecule has 0 amide bonds. The lowest BCUT2D eigenvalue weighted by Crippen LogP contribution is -2.38. The van der Waals surface area contributed by atoms with Crippen LogP contribution in [0, 0.1) is 20.8 Å². The summed E-state index contributed by atoms with van der Waals surface area (Å²) < 4.78 is 18.0. The average Bonchev–Trinajstić information content (AvgIpc) is 3.18. The first-order valence-corrected chi connectivity index (χ1v) is 9.40. The van der Waals surface area contributed by atoms with Crippen molar-refractivity contribution >= 4 is 12.4 Å². The van der Waals surface area contributed by atoms with Gasteiger partial charge in [0.05, 0.1) is 13.2 Å². The highest BCUT2D eigenvalue weighted by atomic mass is 35.5. The third-order valence-electron chi connectivity index (χ3n) is 6.08. The topological polar surface area (TPSA) is 30.9 Å². The monoisotopic (exact) mass is 367 g/mol. The molecule has 0 aromatic heterocycles. The molecule has 1 aromatic rings.